The maximum atomic E-state index is 11.8. The fourth-order valence-electron chi connectivity index (χ4n) is 1.58. The molecule has 0 fully saturated rings. The zero-order valence-corrected chi connectivity index (χ0v) is 12.6. The van der Waals surface area contributed by atoms with Crippen molar-refractivity contribution in [3.63, 3.8) is 0 Å². The summed E-state index contributed by atoms with van der Waals surface area (Å²) in [4.78, 5) is 22.7. The summed E-state index contributed by atoms with van der Waals surface area (Å²) in [5.41, 5.74) is 0.980. The Hall–Kier alpha value is -1.92. The van der Waals surface area contributed by atoms with E-state index in [-0.39, 0.29) is 18.6 Å². The van der Waals surface area contributed by atoms with Gasteiger partial charge in [-0.25, -0.2) is 4.79 Å². The Bertz CT molecular complexity index is 471. The molecule has 0 aromatic heterocycles. The van der Waals surface area contributed by atoms with Crippen LogP contribution >= 0.6 is 0 Å². The number of carbonyl (C=O) groups is 2. The van der Waals surface area contributed by atoms with Gasteiger partial charge in [0, 0.05) is 25.2 Å². The average Bonchev–Trinajstić information content (AvgIpc) is 2.42. The van der Waals surface area contributed by atoms with Gasteiger partial charge in [0.15, 0.2) is 0 Å². The highest BCUT2D eigenvalue weighted by atomic mass is 16.5. The molecule has 21 heavy (non-hydrogen) atoms. The Labute approximate surface area is 124 Å². The van der Waals surface area contributed by atoms with E-state index in [0.29, 0.717) is 17.8 Å². The van der Waals surface area contributed by atoms with Crippen LogP contribution in [0.2, 0.25) is 0 Å². The van der Waals surface area contributed by atoms with Crippen LogP contribution in [0.5, 0.6) is 0 Å². The minimum absolute atomic E-state index is 0.0635. The summed E-state index contributed by atoms with van der Waals surface area (Å²) in [6.07, 6.45) is -0.741. The Morgan fingerprint density at radius 3 is 2.38 bits per heavy atom. The molecule has 0 saturated heterocycles. The molecule has 3 N–H and O–H groups in total. The number of esters is 1. The van der Waals surface area contributed by atoms with E-state index in [4.69, 9.17) is 4.74 Å². The van der Waals surface area contributed by atoms with Gasteiger partial charge in [0.1, 0.15) is 12.7 Å². The first-order valence-electron chi connectivity index (χ1n) is 6.84. The van der Waals surface area contributed by atoms with Gasteiger partial charge in [-0.3, -0.25) is 4.79 Å². The lowest BCUT2D eigenvalue weighted by Crippen LogP contribution is -2.35. The highest BCUT2D eigenvalue weighted by Crippen LogP contribution is 2.10. The van der Waals surface area contributed by atoms with Gasteiger partial charge in [-0.2, -0.15) is 0 Å². The Morgan fingerprint density at radius 1 is 1.24 bits per heavy atom. The number of nitrogens with one attached hydrogen (secondary N) is 2. The number of aliphatic hydroxyl groups excluding tert-OH is 1. The maximum absolute atomic E-state index is 11.8. The summed E-state index contributed by atoms with van der Waals surface area (Å²) in [6.45, 7) is 5.65. The molecule has 0 aliphatic carbocycles. The summed E-state index contributed by atoms with van der Waals surface area (Å²) in [5, 5.41) is 15.3. The van der Waals surface area contributed by atoms with Crippen LogP contribution in [0, 0.1) is 0 Å². The first-order chi connectivity index (χ1) is 9.88. The molecule has 1 aromatic carbocycles. The molecule has 0 bridgehead atoms. The van der Waals surface area contributed by atoms with Crippen LogP contribution in [0.1, 0.15) is 31.1 Å². The first kappa shape index (κ1) is 17.1. The van der Waals surface area contributed by atoms with E-state index in [9.17, 15) is 14.7 Å². The SMILES string of the molecule is CC(=O)Nc1ccc(C(=O)OC[C@H](O)CNC(C)C)cc1. The second-order valence-electron chi connectivity index (χ2n) is 5.07. The van der Waals surface area contributed by atoms with Gasteiger partial charge in [-0.05, 0) is 24.3 Å². The molecule has 6 heteroatoms. The van der Waals surface area contributed by atoms with Crippen molar-refractivity contribution in [2.75, 3.05) is 18.5 Å². The number of hydrogen-bond donors (Lipinski definition) is 3. The molecular formula is C15H22N2O4. The van der Waals surface area contributed by atoms with Crippen LogP contribution in [0.15, 0.2) is 24.3 Å². The molecular weight excluding hydrogens is 272 g/mol. The molecule has 0 heterocycles. The fourth-order valence-corrected chi connectivity index (χ4v) is 1.58. The molecule has 1 rings (SSSR count). The standard InChI is InChI=1S/C15H22N2O4/c1-10(2)16-8-14(19)9-21-15(20)12-4-6-13(7-5-12)17-11(3)18/h4-7,10,14,16,19H,8-9H2,1-3H3,(H,17,18)/t14-/m1/s1. The second-order valence-corrected chi connectivity index (χ2v) is 5.07. The monoisotopic (exact) mass is 294 g/mol. The molecule has 1 atom stereocenters. The van der Waals surface area contributed by atoms with Crippen molar-refractivity contribution in [2.45, 2.75) is 32.9 Å². The van der Waals surface area contributed by atoms with Crippen LogP contribution in [0.4, 0.5) is 5.69 Å². The summed E-state index contributed by atoms with van der Waals surface area (Å²) in [5.74, 6) is -0.681. The lowest BCUT2D eigenvalue weighted by Gasteiger charge is -2.14. The number of carbonyl (C=O) groups excluding carboxylic acids is 2. The zero-order valence-electron chi connectivity index (χ0n) is 12.6. The van der Waals surface area contributed by atoms with E-state index in [0.717, 1.165) is 0 Å². The molecule has 0 spiro atoms. The van der Waals surface area contributed by atoms with Gasteiger partial charge in [0.2, 0.25) is 5.91 Å². The van der Waals surface area contributed by atoms with Gasteiger partial charge < -0.3 is 20.5 Å². The Balaban J connectivity index is 2.43. The topological polar surface area (TPSA) is 87.7 Å². The van der Waals surface area contributed by atoms with Crippen molar-refractivity contribution in [1.82, 2.24) is 5.32 Å². The van der Waals surface area contributed by atoms with Crippen LogP contribution < -0.4 is 10.6 Å². The lowest BCUT2D eigenvalue weighted by molar-refractivity contribution is -0.114. The Kier molecular flexibility index (Phi) is 6.84. The molecule has 0 aliphatic rings. The van der Waals surface area contributed by atoms with Crippen molar-refractivity contribution in [3.05, 3.63) is 29.8 Å². The second kappa shape index (κ2) is 8.39. The molecule has 1 amide bonds. The number of benzene rings is 1. The van der Waals surface area contributed by atoms with E-state index in [2.05, 4.69) is 10.6 Å². The Morgan fingerprint density at radius 2 is 1.86 bits per heavy atom. The largest absolute Gasteiger partial charge is 0.459 e. The normalized spacial score (nSPS) is 12.0. The number of ether oxygens (including phenoxy) is 1. The number of amides is 1. The molecule has 1 aromatic rings. The third kappa shape index (κ3) is 6.87. The van der Waals surface area contributed by atoms with Crippen molar-refractivity contribution < 1.29 is 19.4 Å². The van der Waals surface area contributed by atoms with Crippen molar-refractivity contribution in [2.24, 2.45) is 0 Å². The van der Waals surface area contributed by atoms with Gasteiger partial charge in [0.05, 0.1) is 5.56 Å². The molecule has 116 valence electrons. The van der Waals surface area contributed by atoms with Gasteiger partial charge in [-0.15, -0.1) is 0 Å². The highest BCUT2D eigenvalue weighted by Gasteiger charge is 2.11. The molecule has 0 aliphatic heterocycles. The average molecular weight is 294 g/mol. The van der Waals surface area contributed by atoms with Crippen LogP contribution in [0.25, 0.3) is 0 Å². The van der Waals surface area contributed by atoms with E-state index in [1.54, 1.807) is 24.3 Å². The number of rotatable bonds is 7. The molecule has 0 unspecified atom stereocenters. The lowest BCUT2D eigenvalue weighted by atomic mass is 10.2. The first-order valence-corrected chi connectivity index (χ1v) is 6.84. The maximum Gasteiger partial charge on any atom is 0.338 e. The minimum Gasteiger partial charge on any atom is -0.459 e. The number of aliphatic hydroxyl groups is 1. The van der Waals surface area contributed by atoms with Crippen LogP contribution in [-0.4, -0.2) is 42.3 Å². The van der Waals surface area contributed by atoms with Gasteiger partial charge in [-0.1, -0.05) is 13.8 Å². The van der Waals surface area contributed by atoms with Crippen molar-refractivity contribution in [1.29, 1.82) is 0 Å². The summed E-state index contributed by atoms with van der Waals surface area (Å²) < 4.78 is 5.03. The summed E-state index contributed by atoms with van der Waals surface area (Å²) >= 11 is 0. The minimum atomic E-state index is -0.741. The molecule has 0 saturated carbocycles. The third-order valence-corrected chi connectivity index (χ3v) is 2.61. The van der Waals surface area contributed by atoms with E-state index in [1.165, 1.54) is 6.92 Å². The van der Waals surface area contributed by atoms with E-state index >= 15 is 0 Å². The highest BCUT2D eigenvalue weighted by molar-refractivity contribution is 5.92. The quantitative estimate of drug-likeness (QED) is 0.657. The third-order valence-electron chi connectivity index (χ3n) is 2.61. The van der Waals surface area contributed by atoms with Crippen LogP contribution in [-0.2, 0) is 9.53 Å². The van der Waals surface area contributed by atoms with Crippen molar-refractivity contribution >= 4 is 17.6 Å². The zero-order chi connectivity index (χ0) is 15.8. The van der Waals surface area contributed by atoms with Crippen molar-refractivity contribution in [3.8, 4) is 0 Å². The van der Waals surface area contributed by atoms with Gasteiger partial charge >= 0.3 is 5.97 Å². The predicted octanol–water partition coefficient (Wildman–Crippen LogP) is 1.16. The number of hydrogen-bond acceptors (Lipinski definition) is 5. The van der Waals surface area contributed by atoms with Crippen LogP contribution in [0.3, 0.4) is 0 Å². The van der Waals surface area contributed by atoms with Gasteiger partial charge in [0.25, 0.3) is 0 Å². The molecule has 6 nitrogen and oxygen atoms in total. The predicted molar refractivity (Wildman–Crippen MR) is 80.2 cm³/mol. The van der Waals surface area contributed by atoms with E-state index < -0.39 is 12.1 Å². The van der Waals surface area contributed by atoms with E-state index in [1.807, 2.05) is 13.8 Å². The number of anilines is 1. The summed E-state index contributed by atoms with van der Waals surface area (Å²) in [7, 11) is 0. The summed E-state index contributed by atoms with van der Waals surface area (Å²) in [6, 6.07) is 6.62. The smallest absolute Gasteiger partial charge is 0.338 e. The molecule has 0 radical (unpaired) electrons. The fraction of sp³-hybridized carbons (Fsp3) is 0.467.